The van der Waals surface area contributed by atoms with E-state index in [1.807, 2.05) is 6.92 Å². The number of rotatable bonds is 6. The highest BCUT2D eigenvalue weighted by Gasteiger charge is 2.13. The van der Waals surface area contributed by atoms with Gasteiger partial charge in [0.1, 0.15) is 6.61 Å². The van der Waals surface area contributed by atoms with Gasteiger partial charge in [0, 0.05) is 0 Å². The summed E-state index contributed by atoms with van der Waals surface area (Å²) >= 11 is 0. The van der Waals surface area contributed by atoms with E-state index in [2.05, 4.69) is 11.3 Å². The summed E-state index contributed by atoms with van der Waals surface area (Å²) in [6, 6.07) is 0. The minimum atomic E-state index is -0.728. The number of aliphatic hydroxyl groups is 1. The van der Waals surface area contributed by atoms with Gasteiger partial charge in [0.05, 0.1) is 24.9 Å². The SMILES string of the molecule is C=C(CO)C(=O)OCC(=CCC)C(=O)OC. The van der Waals surface area contributed by atoms with Gasteiger partial charge >= 0.3 is 11.9 Å². The smallest absolute Gasteiger partial charge is 0.336 e. The van der Waals surface area contributed by atoms with E-state index in [0.29, 0.717) is 6.42 Å². The molecule has 0 aromatic rings. The number of hydrogen-bond acceptors (Lipinski definition) is 5. The molecule has 0 aromatic heterocycles. The molecule has 0 saturated heterocycles. The van der Waals surface area contributed by atoms with Crippen LogP contribution in [0, 0.1) is 0 Å². The highest BCUT2D eigenvalue weighted by atomic mass is 16.5. The molecule has 0 aromatic carbocycles. The average molecular weight is 228 g/mol. The standard InChI is InChI=1S/C11H16O5/c1-4-5-9(11(14)15-3)7-16-10(13)8(2)6-12/h5,12H,2,4,6-7H2,1,3H3. The summed E-state index contributed by atoms with van der Waals surface area (Å²) in [4.78, 5) is 22.3. The van der Waals surface area contributed by atoms with Crippen LogP contribution in [0.3, 0.4) is 0 Å². The first-order valence-electron chi connectivity index (χ1n) is 4.79. The Hall–Kier alpha value is -1.62. The Bertz CT molecular complexity index is 303. The van der Waals surface area contributed by atoms with Crippen molar-refractivity contribution >= 4 is 11.9 Å². The van der Waals surface area contributed by atoms with Gasteiger partial charge < -0.3 is 14.6 Å². The normalized spacial score (nSPS) is 10.8. The lowest BCUT2D eigenvalue weighted by Crippen LogP contribution is -2.16. The van der Waals surface area contributed by atoms with Gasteiger partial charge in [0.25, 0.3) is 0 Å². The molecule has 0 bridgehead atoms. The van der Waals surface area contributed by atoms with Crippen LogP contribution in [0.15, 0.2) is 23.8 Å². The molecule has 0 aliphatic rings. The van der Waals surface area contributed by atoms with Gasteiger partial charge in [-0.1, -0.05) is 19.6 Å². The molecule has 0 unspecified atom stereocenters. The van der Waals surface area contributed by atoms with Gasteiger partial charge in [-0.3, -0.25) is 0 Å². The number of carbonyl (C=O) groups is 2. The van der Waals surface area contributed by atoms with Gasteiger partial charge in [-0.05, 0) is 6.42 Å². The van der Waals surface area contributed by atoms with Crippen molar-refractivity contribution in [1.82, 2.24) is 0 Å². The topological polar surface area (TPSA) is 72.8 Å². The van der Waals surface area contributed by atoms with Crippen molar-refractivity contribution in [3.63, 3.8) is 0 Å². The van der Waals surface area contributed by atoms with Gasteiger partial charge in [-0.15, -0.1) is 0 Å². The summed E-state index contributed by atoms with van der Waals surface area (Å²) in [6.45, 7) is 4.50. The Balaban J connectivity index is 4.34. The third-order valence-electron chi connectivity index (χ3n) is 1.74. The second kappa shape index (κ2) is 7.64. The van der Waals surface area contributed by atoms with E-state index in [1.54, 1.807) is 6.08 Å². The summed E-state index contributed by atoms with van der Waals surface area (Å²) < 4.78 is 9.28. The molecule has 0 heterocycles. The number of esters is 2. The zero-order valence-corrected chi connectivity index (χ0v) is 9.49. The Morgan fingerprint density at radius 1 is 1.38 bits per heavy atom. The zero-order chi connectivity index (χ0) is 12.6. The zero-order valence-electron chi connectivity index (χ0n) is 9.49. The monoisotopic (exact) mass is 228 g/mol. The number of methoxy groups -OCH3 is 1. The van der Waals surface area contributed by atoms with Crippen LogP contribution < -0.4 is 0 Å². The molecular formula is C11H16O5. The average Bonchev–Trinajstić information content (AvgIpc) is 2.31. The molecule has 0 aliphatic heterocycles. The molecule has 5 heteroatoms. The predicted octanol–water partition coefficient (Wildman–Crippen LogP) is 0.587. The molecule has 1 N–H and O–H groups in total. The van der Waals surface area contributed by atoms with E-state index in [4.69, 9.17) is 9.84 Å². The highest BCUT2D eigenvalue weighted by Crippen LogP contribution is 2.03. The molecule has 0 fully saturated rings. The van der Waals surface area contributed by atoms with E-state index in [1.165, 1.54) is 7.11 Å². The number of hydrogen-bond donors (Lipinski definition) is 1. The highest BCUT2D eigenvalue weighted by molar-refractivity contribution is 5.91. The molecule has 90 valence electrons. The largest absolute Gasteiger partial charge is 0.466 e. The maximum absolute atomic E-state index is 11.2. The van der Waals surface area contributed by atoms with Crippen LogP contribution >= 0.6 is 0 Å². The minimum Gasteiger partial charge on any atom is -0.466 e. The Kier molecular flexibility index (Phi) is 6.87. The molecule has 0 aliphatic carbocycles. The third-order valence-corrected chi connectivity index (χ3v) is 1.74. The van der Waals surface area contributed by atoms with E-state index in [-0.39, 0.29) is 17.8 Å². The molecule has 0 saturated carbocycles. The van der Waals surface area contributed by atoms with Crippen molar-refractivity contribution in [3.8, 4) is 0 Å². The first-order chi connectivity index (χ1) is 7.56. The van der Waals surface area contributed by atoms with Crippen molar-refractivity contribution < 1.29 is 24.2 Å². The second-order valence-electron chi connectivity index (χ2n) is 2.97. The first-order valence-corrected chi connectivity index (χ1v) is 4.79. The van der Waals surface area contributed by atoms with Crippen LogP contribution in [-0.4, -0.2) is 37.4 Å². The molecule has 0 spiro atoms. The lowest BCUT2D eigenvalue weighted by atomic mass is 10.2. The second-order valence-corrected chi connectivity index (χ2v) is 2.97. The summed E-state index contributed by atoms with van der Waals surface area (Å²) in [5.41, 5.74) is 0.213. The van der Waals surface area contributed by atoms with Crippen molar-refractivity contribution in [2.24, 2.45) is 0 Å². The van der Waals surface area contributed by atoms with Crippen molar-refractivity contribution in [2.75, 3.05) is 20.3 Å². The molecule has 16 heavy (non-hydrogen) atoms. The van der Waals surface area contributed by atoms with Crippen LogP contribution in [0.1, 0.15) is 13.3 Å². The molecule has 0 amide bonds. The van der Waals surface area contributed by atoms with Crippen LogP contribution in [-0.2, 0) is 19.1 Å². The van der Waals surface area contributed by atoms with Crippen LogP contribution in [0.4, 0.5) is 0 Å². The van der Waals surface area contributed by atoms with Gasteiger partial charge in [-0.2, -0.15) is 0 Å². The predicted molar refractivity (Wildman–Crippen MR) is 57.6 cm³/mol. The molecular weight excluding hydrogens is 212 g/mol. The summed E-state index contributed by atoms with van der Waals surface area (Å²) in [5.74, 6) is -1.27. The van der Waals surface area contributed by atoms with Crippen LogP contribution in [0.25, 0.3) is 0 Å². The quantitative estimate of drug-likeness (QED) is 0.532. The maximum Gasteiger partial charge on any atom is 0.336 e. The van der Waals surface area contributed by atoms with Gasteiger partial charge in [0.15, 0.2) is 0 Å². The molecule has 0 rings (SSSR count). The fourth-order valence-corrected chi connectivity index (χ4v) is 0.889. The van der Waals surface area contributed by atoms with Crippen LogP contribution in [0.2, 0.25) is 0 Å². The first kappa shape index (κ1) is 14.4. The lowest BCUT2D eigenvalue weighted by molar-refractivity contribution is -0.141. The Labute approximate surface area is 94.4 Å². The molecule has 0 radical (unpaired) electrons. The summed E-state index contributed by atoms with van der Waals surface area (Å²) in [5, 5.41) is 8.62. The van der Waals surface area contributed by atoms with E-state index < -0.39 is 18.5 Å². The third kappa shape index (κ3) is 4.75. The fourth-order valence-electron chi connectivity index (χ4n) is 0.889. The minimum absolute atomic E-state index is 0.0549. The number of carbonyl (C=O) groups excluding carboxylic acids is 2. The van der Waals surface area contributed by atoms with Crippen LogP contribution in [0.5, 0.6) is 0 Å². The lowest BCUT2D eigenvalue weighted by Gasteiger charge is -2.07. The summed E-state index contributed by atoms with van der Waals surface area (Å²) in [7, 11) is 1.25. The van der Waals surface area contributed by atoms with E-state index >= 15 is 0 Å². The number of ether oxygens (including phenoxy) is 2. The molecule has 5 nitrogen and oxygen atoms in total. The van der Waals surface area contributed by atoms with Crippen molar-refractivity contribution in [3.05, 3.63) is 23.8 Å². The Morgan fingerprint density at radius 2 is 2.00 bits per heavy atom. The van der Waals surface area contributed by atoms with E-state index in [9.17, 15) is 9.59 Å². The van der Waals surface area contributed by atoms with Gasteiger partial charge in [-0.25, -0.2) is 9.59 Å². The van der Waals surface area contributed by atoms with Crippen molar-refractivity contribution in [1.29, 1.82) is 0 Å². The Morgan fingerprint density at radius 3 is 2.44 bits per heavy atom. The number of allylic oxidation sites excluding steroid dienone is 1. The maximum atomic E-state index is 11.2. The number of aliphatic hydroxyl groups excluding tert-OH is 1. The van der Waals surface area contributed by atoms with E-state index in [0.717, 1.165) is 0 Å². The van der Waals surface area contributed by atoms with Crippen molar-refractivity contribution in [2.45, 2.75) is 13.3 Å². The van der Waals surface area contributed by atoms with Gasteiger partial charge in [0.2, 0.25) is 0 Å². The molecule has 0 atom stereocenters. The fraction of sp³-hybridized carbons (Fsp3) is 0.455. The summed E-state index contributed by atoms with van der Waals surface area (Å²) in [6.07, 6.45) is 2.24.